The summed E-state index contributed by atoms with van der Waals surface area (Å²) in [5.41, 5.74) is 9.26. The van der Waals surface area contributed by atoms with Crippen LogP contribution in [0.4, 0.5) is 5.82 Å². The van der Waals surface area contributed by atoms with E-state index in [4.69, 9.17) is 26.8 Å². The molecule has 0 saturated carbocycles. The molecule has 0 bridgehead atoms. The Bertz CT molecular complexity index is 1340. The number of aromatic nitrogens is 1. The Morgan fingerprint density at radius 3 is 2.81 bits per heavy atom. The first-order valence-electron chi connectivity index (χ1n) is 12.0. The second-order valence-electron chi connectivity index (χ2n) is 8.79. The zero-order valence-corrected chi connectivity index (χ0v) is 21.6. The maximum absolute atomic E-state index is 13.0. The molecule has 1 fully saturated rings. The quantitative estimate of drug-likeness (QED) is 0.446. The smallest absolute Gasteiger partial charge is 0.244 e. The fourth-order valence-corrected chi connectivity index (χ4v) is 5.73. The predicted octanol–water partition coefficient (Wildman–Crippen LogP) is 3.52. The fraction of sp³-hybridized carbons (Fsp3) is 0.259. The summed E-state index contributed by atoms with van der Waals surface area (Å²) in [6.07, 6.45) is 5.13. The van der Waals surface area contributed by atoms with Crippen molar-refractivity contribution in [1.82, 2.24) is 14.6 Å². The standard InChI is InChI=1S/C27H27ClN4O4S/c28-24-15-20(19-2-1-3-23(14-19)37(34)32-8-10-35-11-9-32)12-21-13-22(36-27(21)24)5-7-26(33)31-17-18-4-6-25(29)30-16-18/h1-7,12,14-16,22H,8-11,13,17H2,(H2,29,30)(H,31,33)/b7-5+. The van der Waals surface area contributed by atoms with Crippen molar-refractivity contribution < 1.29 is 18.5 Å². The number of morpholine rings is 1. The summed E-state index contributed by atoms with van der Waals surface area (Å²) in [6.45, 7) is 2.81. The van der Waals surface area contributed by atoms with E-state index in [1.165, 1.54) is 6.08 Å². The molecule has 2 aromatic carbocycles. The van der Waals surface area contributed by atoms with Gasteiger partial charge in [-0.05, 0) is 53.1 Å². The molecule has 0 aliphatic carbocycles. The molecule has 2 aliphatic heterocycles. The minimum Gasteiger partial charge on any atom is -0.484 e. The van der Waals surface area contributed by atoms with Crippen molar-refractivity contribution in [2.45, 2.75) is 24.0 Å². The molecule has 37 heavy (non-hydrogen) atoms. The molecule has 10 heteroatoms. The van der Waals surface area contributed by atoms with Gasteiger partial charge >= 0.3 is 0 Å². The maximum Gasteiger partial charge on any atom is 0.244 e. The van der Waals surface area contributed by atoms with Gasteiger partial charge in [0.25, 0.3) is 0 Å². The minimum absolute atomic E-state index is 0.228. The molecule has 3 N–H and O–H groups in total. The fourth-order valence-electron chi connectivity index (χ4n) is 4.25. The third-order valence-corrected chi connectivity index (χ3v) is 7.93. The Kier molecular flexibility index (Phi) is 7.85. The van der Waals surface area contributed by atoms with Crippen LogP contribution in [-0.4, -0.2) is 51.8 Å². The molecule has 2 unspecified atom stereocenters. The summed E-state index contributed by atoms with van der Waals surface area (Å²) in [4.78, 5) is 17.0. The number of nitrogen functional groups attached to an aromatic ring is 1. The van der Waals surface area contributed by atoms with E-state index < -0.39 is 11.0 Å². The van der Waals surface area contributed by atoms with E-state index in [0.717, 1.165) is 27.1 Å². The first kappa shape index (κ1) is 25.4. The Balaban J connectivity index is 1.24. The summed E-state index contributed by atoms with van der Waals surface area (Å²) >= 11 is 6.58. The molecule has 8 nitrogen and oxygen atoms in total. The number of carbonyl (C=O) groups excluding carboxylic acids is 1. The van der Waals surface area contributed by atoms with Gasteiger partial charge in [-0.1, -0.05) is 29.8 Å². The van der Waals surface area contributed by atoms with Crippen molar-refractivity contribution >= 4 is 34.3 Å². The van der Waals surface area contributed by atoms with Crippen LogP contribution in [0.1, 0.15) is 11.1 Å². The van der Waals surface area contributed by atoms with Crippen LogP contribution in [-0.2, 0) is 33.5 Å². The van der Waals surface area contributed by atoms with Crippen LogP contribution in [0.25, 0.3) is 11.1 Å². The Labute approximate surface area is 223 Å². The van der Waals surface area contributed by atoms with Crippen molar-refractivity contribution in [3.63, 3.8) is 0 Å². The van der Waals surface area contributed by atoms with Crippen LogP contribution in [0.3, 0.4) is 0 Å². The Hall–Kier alpha value is -3.24. The molecule has 2 aliphatic rings. The number of carbonyl (C=O) groups is 1. The number of halogens is 1. The largest absolute Gasteiger partial charge is 0.484 e. The lowest BCUT2D eigenvalue weighted by Crippen LogP contribution is -2.37. The SMILES string of the molecule is Nc1ccc(CNC(=O)/C=C/C2Cc3cc(-c4cccc(S(=O)N5CCOCC5)c4)cc(Cl)c3O2)cn1. The van der Waals surface area contributed by atoms with Crippen molar-refractivity contribution in [2.24, 2.45) is 0 Å². The van der Waals surface area contributed by atoms with Crippen molar-refractivity contribution in [1.29, 1.82) is 0 Å². The monoisotopic (exact) mass is 538 g/mol. The molecule has 0 spiro atoms. The number of fused-ring (bicyclic) bond motifs is 1. The highest BCUT2D eigenvalue weighted by atomic mass is 35.5. The summed E-state index contributed by atoms with van der Waals surface area (Å²) in [6, 6.07) is 15.1. The van der Waals surface area contributed by atoms with Crippen LogP contribution in [0.2, 0.25) is 5.02 Å². The highest BCUT2D eigenvalue weighted by molar-refractivity contribution is 7.82. The molecule has 2 atom stereocenters. The average Bonchev–Trinajstić information content (AvgIpc) is 3.35. The molecule has 192 valence electrons. The van der Waals surface area contributed by atoms with Gasteiger partial charge in [-0.2, -0.15) is 0 Å². The second-order valence-corrected chi connectivity index (χ2v) is 10.7. The lowest BCUT2D eigenvalue weighted by molar-refractivity contribution is -0.116. The molecule has 3 heterocycles. The summed E-state index contributed by atoms with van der Waals surface area (Å²) in [7, 11) is -1.25. The number of hydrogen-bond donors (Lipinski definition) is 2. The predicted molar refractivity (Wildman–Crippen MR) is 143 cm³/mol. The van der Waals surface area contributed by atoms with E-state index in [0.29, 0.717) is 55.9 Å². The van der Waals surface area contributed by atoms with Crippen molar-refractivity contribution in [3.05, 3.63) is 83.0 Å². The van der Waals surface area contributed by atoms with E-state index in [1.807, 2.05) is 46.8 Å². The highest BCUT2D eigenvalue weighted by Gasteiger charge is 2.25. The van der Waals surface area contributed by atoms with Gasteiger partial charge in [-0.3, -0.25) is 4.79 Å². The zero-order chi connectivity index (χ0) is 25.8. The summed E-state index contributed by atoms with van der Waals surface area (Å²) in [5.74, 6) is 0.833. The number of pyridine rings is 1. The van der Waals surface area contributed by atoms with E-state index in [2.05, 4.69) is 10.3 Å². The van der Waals surface area contributed by atoms with Gasteiger partial charge in [0, 0.05) is 43.9 Å². The molecule has 0 radical (unpaired) electrons. The number of ether oxygens (including phenoxy) is 2. The topological polar surface area (TPSA) is 107 Å². The van der Waals surface area contributed by atoms with E-state index >= 15 is 0 Å². The zero-order valence-electron chi connectivity index (χ0n) is 20.1. The number of nitrogens with one attached hydrogen (secondary N) is 1. The van der Waals surface area contributed by atoms with Crippen molar-refractivity contribution in [3.8, 4) is 16.9 Å². The number of nitrogens with zero attached hydrogens (tertiary/aromatic N) is 2. The normalized spacial score (nSPS) is 18.4. The van der Waals surface area contributed by atoms with Gasteiger partial charge in [-0.15, -0.1) is 0 Å². The van der Waals surface area contributed by atoms with Crippen LogP contribution < -0.4 is 15.8 Å². The van der Waals surface area contributed by atoms with E-state index in [9.17, 15) is 9.00 Å². The maximum atomic E-state index is 13.0. The molecule has 1 aromatic heterocycles. The van der Waals surface area contributed by atoms with Gasteiger partial charge in [0.2, 0.25) is 5.91 Å². The second kappa shape index (κ2) is 11.4. The average molecular weight is 539 g/mol. The number of benzene rings is 2. The van der Waals surface area contributed by atoms with Gasteiger partial charge < -0.3 is 20.5 Å². The third kappa shape index (κ3) is 6.19. The first-order valence-corrected chi connectivity index (χ1v) is 13.5. The van der Waals surface area contributed by atoms with Crippen LogP contribution >= 0.6 is 11.6 Å². The number of anilines is 1. The highest BCUT2D eigenvalue weighted by Crippen LogP contribution is 2.40. The Morgan fingerprint density at radius 1 is 1.19 bits per heavy atom. The van der Waals surface area contributed by atoms with Gasteiger partial charge in [-0.25, -0.2) is 13.5 Å². The third-order valence-electron chi connectivity index (χ3n) is 6.16. The van der Waals surface area contributed by atoms with E-state index in [-0.39, 0.29) is 12.0 Å². The molecular weight excluding hydrogens is 512 g/mol. The van der Waals surface area contributed by atoms with Crippen LogP contribution in [0.5, 0.6) is 5.75 Å². The van der Waals surface area contributed by atoms with Crippen LogP contribution in [0.15, 0.2) is 71.8 Å². The number of nitrogens with two attached hydrogens (primary N) is 1. The molecule has 3 aromatic rings. The van der Waals surface area contributed by atoms with Crippen LogP contribution in [0, 0.1) is 0 Å². The number of amides is 1. The minimum atomic E-state index is -1.25. The first-order chi connectivity index (χ1) is 18.0. The Morgan fingerprint density at radius 2 is 2.03 bits per heavy atom. The number of rotatable bonds is 7. The lowest BCUT2D eigenvalue weighted by atomic mass is 10.0. The van der Waals surface area contributed by atoms with Gasteiger partial charge in [0.05, 0.1) is 23.1 Å². The molecule has 1 saturated heterocycles. The van der Waals surface area contributed by atoms with Crippen molar-refractivity contribution in [2.75, 3.05) is 32.0 Å². The van der Waals surface area contributed by atoms with E-state index in [1.54, 1.807) is 18.3 Å². The molecule has 5 rings (SSSR count). The molecular formula is C27H27ClN4O4S. The van der Waals surface area contributed by atoms with Gasteiger partial charge in [0.1, 0.15) is 28.7 Å². The number of hydrogen-bond acceptors (Lipinski definition) is 6. The summed E-state index contributed by atoms with van der Waals surface area (Å²) < 4.78 is 26.3. The lowest BCUT2D eigenvalue weighted by Gasteiger charge is -2.25. The molecule has 1 amide bonds. The summed E-state index contributed by atoms with van der Waals surface area (Å²) in [5, 5.41) is 3.32. The van der Waals surface area contributed by atoms with Gasteiger partial charge in [0.15, 0.2) is 0 Å².